The van der Waals surface area contributed by atoms with Crippen LogP contribution in [0.15, 0.2) is 69.7 Å². The van der Waals surface area contributed by atoms with Crippen LogP contribution in [0.5, 0.6) is 0 Å². The minimum absolute atomic E-state index is 0.0160. The van der Waals surface area contributed by atoms with Crippen molar-refractivity contribution in [2.75, 3.05) is 27.7 Å². The lowest BCUT2D eigenvalue weighted by atomic mass is 9.92. The van der Waals surface area contributed by atoms with E-state index in [0.717, 1.165) is 11.3 Å². The van der Waals surface area contributed by atoms with Crippen molar-refractivity contribution in [1.29, 1.82) is 5.26 Å². The quantitative estimate of drug-likeness (QED) is 0.158. The van der Waals surface area contributed by atoms with Gasteiger partial charge >= 0.3 is 0 Å². The Hall–Kier alpha value is -5.10. The molecule has 0 bridgehead atoms. The van der Waals surface area contributed by atoms with Crippen molar-refractivity contribution in [3.8, 4) is 17.3 Å². The van der Waals surface area contributed by atoms with E-state index in [0.29, 0.717) is 11.3 Å². The molecule has 0 aliphatic heterocycles. The molecule has 2 N–H and O–H groups in total. The standard InChI is InChI=1S/C28H22ClN7O6S/c1-36(2,3)13-21(37)33-34-23(27(40)32-24-22(29)25(38)17-6-4-5-7-18(17)26(24)39)19(12-30)28-31-20(14-43-28)15-8-10-16(11-9-15)35(41)42/h4-11,14,19H,13H2,1-3H3,(H-,32,33,37,38,40)/p+1/t19-/m1/s1. The number of likely N-dealkylation sites (N-methyl/N-ethyl adjacent to an activating group) is 1. The topological polar surface area (TPSA) is 185 Å². The molecule has 2 aromatic carbocycles. The number of non-ortho nitro benzene ring substituents is 1. The Morgan fingerprint density at radius 1 is 1.12 bits per heavy atom. The van der Waals surface area contributed by atoms with Crippen molar-refractivity contribution in [2.45, 2.75) is 5.92 Å². The van der Waals surface area contributed by atoms with Crippen LogP contribution in [0, 0.1) is 21.4 Å². The van der Waals surface area contributed by atoms with Gasteiger partial charge in [0, 0.05) is 34.2 Å². The Kier molecular flexibility index (Phi) is 8.90. The second-order valence-corrected chi connectivity index (χ2v) is 11.5. The van der Waals surface area contributed by atoms with Gasteiger partial charge in [-0.25, -0.2) is 10.4 Å². The van der Waals surface area contributed by atoms with Crippen molar-refractivity contribution in [2.24, 2.45) is 5.10 Å². The van der Waals surface area contributed by atoms with Crippen LogP contribution in [0.4, 0.5) is 5.69 Å². The molecule has 1 heterocycles. The number of nitro groups is 1. The second-order valence-electron chi connectivity index (χ2n) is 10.3. The highest BCUT2D eigenvalue weighted by molar-refractivity contribution is 7.10. The van der Waals surface area contributed by atoms with Crippen LogP contribution in [0.3, 0.4) is 0 Å². The molecule has 1 aliphatic carbocycles. The average Bonchev–Trinajstić information content (AvgIpc) is 3.45. The van der Waals surface area contributed by atoms with E-state index in [1.54, 1.807) is 38.7 Å². The maximum Gasteiger partial charge on any atom is 0.295 e. The van der Waals surface area contributed by atoms with E-state index in [9.17, 15) is 34.6 Å². The van der Waals surface area contributed by atoms with E-state index in [-0.39, 0.29) is 32.8 Å². The van der Waals surface area contributed by atoms with Gasteiger partial charge in [-0.05, 0) is 12.1 Å². The van der Waals surface area contributed by atoms with E-state index in [2.05, 4.69) is 20.8 Å². The summed E-state index contributed by atoms with van der Waals surface area (Å²) in [5, 5.41) is 28.6. The number of quaternary nitrogens is 1. The molecular formula is C28H23ClN7O6S+. The number of thiazole rings is 1. The molecule has 13 nitrogen and oxygen atoms in total. The van der Waals surface area contributed by atoms with Gasteiger partial charge in [0.15, 0.2) is 6.54 Å². The van der Waals surface area contributed by atoms with E-state index in [4.69, 9.17) is 11.6 Å². The Morgan fingerprint density at radius 2 is 1.74 bits per heavy atom. The van der Waals surface area contributed by atoms with Gasteiger partial charge in [-0.3, -0.25) is 29.3 Å². The number of nitro benzene ring substituents is 1. The smallest absolute Gasteiger partial charge is 0.295 e. The highest BCUT2D eigenvalue weighted by Crippen LogP contribution is 2.30. The highest BCUT2D eigenvalue weighted by Gasteiger charge is 2.35. The number of aromatic nitrogens is 1. The van der Waals surface area contributed by atoms with Gasteiger partial charge in [0.2, 0.25) is 11.6 Å². The predicted molar refractivity (Wildman–Crippen MR) is 157 cm³/mol. The van der Waals surface area contributed by atoms with Gasteiger partial charge in [-0.2, -0.15) is 10.4 Å². The lowest BCUT2D eigenvalue weighted by Gasteiger charge is -2.22. The van der Waals surface area contributed by atoms with Gasteiger partial charge in [-0.15, -0.1) is 11.3 Å². The van der Waals surface area contributed by atoms with Gasteiger partial charge < -0.3 is 9.80 Å². The minimum atomic E-state index is -1.43. The van der Waals surface area contributed by atoms with Crippen LogP contribution < -0.4 is 10.7 Å². The van der Waals surface area contributed by atoms with E-state index in [1.165, 1.54) is 36.4 Å². The zero-order valence-corrected chi connectivity index (χ0v) is 24.5. The number of benzene rings is 2. The Bertz CT molecular complexity index is 1770. The van der Waals surface area contributed by atoms with Crippen molar-refractivity contribution in [3.05, 3.63) is 90.9 Å². The Balaban J connectivity index is 1.69. The summed E-state index contributed by atoms with van der Waals surface area (Å²) >= 11 is 7.21. The maximum atomic E-state index is 13.6. The third-order valence-corrected chi connectivity index (χ3v) is 7.27. The van der Waals surface area contributed by atoms with Crippen LogP contribution in [0.1, 0.15) is 31.6 Å². The number of rotatable bonds is 9. The molecule has 0 fully saturated rings. The summed E-state index contributed by atoms with van der Waals surface area (Å²) in [5.41, 5.74) is 2.15. The number of allylic oxidation sites excluding steroid dienone is 2. The molecule has 2 amide bonds. The molecular weight excluding hydrogens is 598 g/mol. The highest BCUT2D eigenvalue weighted by atomic mass is 35.5. The number of hydrogen-bond acceptors (Lipinski definition) is 10. The summed E-state index contributed by atoms with van der Waals surface area (Å²) < 4.78 is 0.244. The van der Waals surface area contributed by atoms with Gasteiger partial charge in [0.25, 0.3) is 17.5 Å². The van der Waals surface area contributed by atoms with Crippen LogP contribution in [-0.2, 0) is 9.59 Å². The van der Waals surface area contributed by atoms with Crippen LogP contribution in [-0.4, -0.2) is 71.2 Å². The number of carbonyl (C=O) groups is 4. The molecule has 3 aromatic rings. The first kappa shape index (κ1) is 30.8. The molecule has 218 valence electrons. The van der Waals surface area contributed by atoms with E-state index >= 15 is 0 Å². The Morgan fingerprint density at radius 3 is 2.33 bits per heavy atom. The largest absolute Gasteiger partial charge is 0.323 e. The average molecular weight is 621 g/mol. The second kappa shape index (κ2) is 12.4. The van der Waals surface area contributed by atoms with Crippen molar-refractivity contribution in [1.82, 2.24) is 15.7 Å². The van der Waals surface area contributed by atoms with Crippen molar-refractivity contribution < 1.29 is 28.6 Å². The fourth-order valence-corrected chi connectivity index (χ4v) is 5.12. The molecule has 0 spiro atoms. The lowest BCUT2D eigenvalue weighted by molar-refractivity contribution is -0.862. The first-order chi connectivity index (χ1) is 20.3. The number of nitrogens with one attached hydrogen (secondary N) is 2. The zero-order valence-electron chi connectivity index (χ0n) is 23.0. The fraction of sp³-hybridized carbons (Fsp3) is 0.179. The number of amides is 2. The number of ketones is 2. The van der Waals surface area contributed by atoms with Gasteiger partial charge in [0.1, 0.15) is 27.4 Å². The molecule has 43 heavy (non-hydrogen) atoms. The number of carbonyl (C=O) groups excluding carboxylic acids is 4. The van der Waals surface area contributed by atoms with Crippen LogP contribution in [0.2, 0.25) is 0 Å². The summed E-state index contributed by atoms with van der Waals surface area (Å²) in [5.74, 6) is -4.45. The number of nitrogens with zero attached hydrogens (tertiary/aromatic N) is 5. The summed E-state index contributed by atoms with van der Waals surface area (Å²) in [4.78, 5) is 66.9. The molecule has 1 aliphatic rings. The minimum Gasteiger partial charge on any atom is -0.323 e. The molecule has 4 rings (SSSR count). The summed E-state index contributed by atoms with van der Waals surface area (Å²) in [7, 11) is 5.30. The number of fused-ring (bicyclic) bond motifs is 1. The number of hydrazone groups is 1. The monoisotopic (exact) mass is 620 g/mol. The third kappa shape index (κ3) is 6.87. The van der Waals surface area contributed by atoms with Crippen LogP contribution in [0.25, 0.3) is 11.3 Å². The predicted octanol–water partition coefficient (Wildman–Crippen LogP) is 3.15. The Labute approximate surface area is 253 Å². The first-order valence-corrected chi connectivity index (χ1v) is 13.7. The van der Waals surface area contributed by atoms with E-state index in [1.807, 2.05) is 6.07 Å². The fourth-order valence-electron chi connectivity index (χ4n) is 4.01. The number of hydrogen-bond donors (Lipinski definition) is 2. The van der Waals surface area contributed by atoms with Crippen molar-refractivity contribution >= 4 is 57.7 Å². The zero-order chi connectivity index (χ0) is 31.5. The summed E-state index contributed by atoms with van der Waals surface area (Å²) in [6, 6.07) is 13.5. The lowest BCUT2D eigenvalue weighted by Crippen LogP contribution is -2.44. The van der Waals surface area contributed by atoms with Crippen molar-refractivity contribution in [3.63, 3.8) is 0 Å². The van der Waals surface area contributed by atoms with Gasteiger partial charge in [0.05, 0.1) is 37.8 Å². The molecule has 15 heteroatoms. The number of Topliss-reactive ketones (excluding diaryl/α,β-unsaturated/α-hetero) is 2. The third-order valence-electron chi connectivity index (χ3n) is 6.00. The number of nitriles is 1. The first-order valence-electron chi connectivity index (χ1n) is 12.5. The normalized spacial score (nSPS) is 14.1. The summed E-state index contributed by atoms with van der Waals surface area (Å²) in [6.07, 6.45) is 0. The van der Waals surface area contributed by atoms with Gasteiger partial charge in [-0.1, -0.05) is 35.9 Å². The summed E-state index contributed by atoms with van der Waals surface area (Å²) in [6.45, 7) is -0.0160. The maximum absolute atomic E-state index is 13.6. The molecule has 0 saturated carbocycles. The van der Waals surface area contributed by atoms with Crippen LogP contribution >= 0.6 is 22.9 Å². The van der Waals surface area contributed by atoms with E-state index < -0.39 is 50.7 Å². The number of halogens is 1. The molecule has 0 radical (unpaired) electrons. The SMILES string of the molecule is C[N+](C)(C)CC(=O)N/N=C(/C(=O)NC1=C(Cl)C(=O)c2ccccc2C1=O)[C@@H](C#N)c1nc(-c2ccc([N+](=O)[O-])cc2)cs1. The molecule has 0 saturated heterocycles. The molecule has 1 atom stereocenters. The molecule has 1 aromatic heterocycles. The molecule has 0 unspecified atom stereocenters.